The lowest BCUT2D eigenvalue weighted by Crippen LogP contribution is -2.28. The van der Waals surface area contributed by atoms with Gasteiger partial charge in [-0.3, -0.25) is 0 Å². The summed E-state index contributed by atoms with van der Waals surface area (Å²) in [6.45, 7) is 0. The van der Waals surface area contributed by atoms with Gasteiger partial charge in [-0.15, -0.1) is 0 Å². The molecule has 3 heterocycles. The van der Waals surface area contributed by atoms with Crippen molar-refractivity contribution in [2.45, 2.75) is 12.0 Å². The molecule has 1 aliphatic carbocycles. The monoisotopic (exact) mass is 651 g/mol. The van der Waals surface area contributed by atoms with Gasteiger partial charge in [0.05, 0.1) is 28.1 Å². The normalized spacial score (nSPS) is 16.6. The number of hydrogen-bond donors (Lipinski definition) is 0. The Balaban J connectivity index is 1.02. The van der Waals surface area contributed by atoms with Crippen molar-refractivity contribution in [3.63, 3.8) is 0 Å². The van der Waals surface area contributed by atoms with E-state index in [1.54, 1.807) is 0 Å². The Bertz CT molecular complexity index is 2870. The molecular weight excluding hydrogens is 619 g/mol. The number of rotatable bonds is 4. The van der Waals surface area contributed by atoms with Crippen LogP contribution in [0.15, 0.2) is 188 Å². The van der Waals surface area contributed by atoms with E-state index in [1.807, 2.05) is 0 Å². The predicted molar refractivity (Wildman–Crippen MR) is 214 cm³/mol. The molecule has 51 heavy (non-hydrogen) atoms. The molecule has 0 saturated carbocycles. The molecule has 0 N–H and O–H groups in total. The molecule has 0 saturated heterocycles. The summed E-state index contributed by atoms with van der Waals surface area (Å²) in [7, 11) is 0. The van der Waals surface area contributed by atoms with Crippen LogP contribution in [0.3, 0.4) is 0 Å². The lowest BCUT2D eigenvalue weighted by Gasteiger charge is -2.30. The minimum atomic E-state index is 0.190. The van der Waals surface area contributed by atoms with Crippen molar-refractivity contribution in [3.8, 4) is 11.4 Å². The van der Waals surface area contributed by atoms with Crippen LogP contribution in [0.2, 0.25) is 0 Å². The Morgan fingerprint density at radius 2 is 0.961 bits per heavy atom. The summed E-state index contributed by atoms with van der Waals surface area (Å²) in [5.74, 6) is 0.240. The van der Waals surface area contributed by atoms with Gasteiger partial charge in [0, 0.05) is 50.2 Å². The van der Waals surface area contributed by atoms with E-state index in [4.69, 9.17) is 0 Å². The van der Waals surface area contributed by atoms with E-state index in [-0.39, 0.29) is 12.0 Å². The van der Waals surface area contributed by atoms with Crippen LogP contribution in [0.25, 0.3) is 60.6 Å². The molecule has 11 rings (SSSR count). The Morgan fingerprint density at radius 3 is 1.65 bits per heavy atom. The maximum Gasteiger partial charge on any atom is 0.0630 e. The fraction of sp³-hybridized carbons (Fsp3) is 0.0417. The lowest BCUT2D eigenvalue weighted by atomic mass is 9.86. The zero-order chi connectivity index (χ0) is 33.5. The highest BCUT2D eigenvalue weighted by molar-refractivity contribution is 6.11. The Hall–Kier alpha value is -6.58. The number of hydrogen-bond acceptors (Lipinski definition) is 1. The van der Waals surface area contributed by atoms with Crippen molar-refractivity contribution in [2.75, 3.05) is 4.90 Å². The van der Waals surface area contributed by atoms with Gasteiger partial charge in [-0.05, 0) is 89.5 Å². The summed E-state index contributed by atoms with van der Waals surface area (Å²) >= 11 is 0. The molecule has 0 bridgehead atoms. The van der Waals surface area contributed by atoms with Gasteiger partial charge >= 0.3 is 0 Å². The topological polar surface area (TPSA) is 13.1 Å². The maximum atomic E-state index is 2.55. The summed E-state index contributed by atoms with van der Waals surface area (Å²) in [6, 6.07) is 62.1. The molecule has 2 unspecified atom stereocenters. The quantitative estimate of drug-likeness (QED) is 0.185. The van der Waals surface area contributed by atoms with Crippen molar-refractivity contribution in [1.82, 2.24) is 9.13 Å². The van der Waals surface area contributed by atoms with E-state index in [0.29, 0.717) is 0 Å². The van der Waals surface area contributed by atoms with Gasteiger partial charge in [0.15, 0.2) is 0 Å². The highest BCUT2D eigenvalue weighted by Gasteiger charge is 2.38. The van der Waals surface area contributed by atoms with Gasteiger partial charge in [0.2, 0.25) is 0 Å². The third-order valence-electron chi connectivity index (χ3n) is 11.0. The number of para-hydroxylation sites is 5. The fourth-order valence-electron chi connectivity index (χ4n) is 8.82. The Morgan fingerprint density at radius 1 is 0.412 bits per heavy atom. The summed E-state index contributed by atoms with van der Waals surface area (Å²) < 4.78 is 4.77. The van der Waals surface area contributed by atoms with Crippen molar-refractivity contribution < 1.29 is 0 Å². The third kappa shape index (κ3) is 4.18. The molecule has 1 aliphatic heterocycles. The van der Waals surface area contributed by atoms with E-state index in [0.717, 1.165) is 0 Å². The molecular formula is C48H33N3. The van der Waals surface area contributed by atoms with Gasteiger partial charge in [-0.1, -0.05) is 115 Å². The van der Waals surface area contributed by atoms with E-state index in [9.17, 15) is 0 Å². The van der Waals surface area contributed by atoms with E-state index < -0.39 is 0 Å². The largest absolute Gasteiger partial charge is 0.333 e. The second-order valence-corrected chi connectivity index (χ2v) is 13.7. The van der Waals surface area contributed by atoms with Crippen molar-refractivity contribution in [2.24, 2.45) is 0 Å². The van der Waals surface area contributed by atoms with Gasteiger partial charge in [-0.2, -0.15) is 0 Å². The highest BCUT2D eigenvalue weighted by atomic mass is 15.2. The molecule has 2 aliphatic rings. The second kappa shape index (κ2) is 11.0. The molecule has 0 radical (unpaired) electrons. The molecule has 7 aromatic carbocycles. The molecule has 9 aromatic rings. The van der Waals surface area contributed by atoms with Crippen LogP contribution >= 0.6 is 0 Å². The van der Waals surface area contributed by atoms with E-state index >= 15 is 0 Å². The molecule has 240 valence electrons. The molecule has 3 nitrogen and oxygen atoms in total. The van der Waals surface area contributed by atoms with Crippen LogP contribution in [-0.2, 0) is 0 Å². The first-order chi connectivity index (χ1) is 25.3. The number of nitrogens with zero attached hydrogens (tertiary/aromatic N) is 3. The minimum absolute atomic E-state index is 0.190. The van der Waals surface area contributed by atoms with Crippen LogP contribution < -0.4 is 4.90 Å². The van der Waals surface area contributed by atoms with E-state index in [2.05, 4.69) is 202 Å². The van der Waals surface area contributed by atoms with Crippen molar-refractivity contribution in [3.05, 3.63) is 199 Å². The number of anilines is 2. The first kappa shape index (κ1) is 28.3. The predicted octanol–water partition coefficient (Wildman–Crippen LogP) is 12.1. The smallest absolute Gasteiger partial charge is 0.0630 e. The summed E-state index contributed by atoms with van der Waals surface area (Å²) in [5.41, 5.74) is 13.7. The van der Waals surface area contributed by atoms with Crippen LogP contribution in [0.4, 0.5) is 11.4 Å². The summed E-state index contributed by atoms with van der Waals surface area (Å²) in [4.78, 5) is 2.55. The minimum Gasteiger partial charge on any atom is -0.333 e. The summed E-state index contributed by atoms with van der Waals surface area (Å²) in [5, 5.41) is 5.09. The standard InChI is InChI=1S/C48H33N3/c1-3-13-34(14-4-1)49-43-20-10-7-17-37(43)40-29-32(23-26-46(40)49)33-24-27-47-41(30-33)38-18-8-12-22-45(38)51(47)36-25-28-48-42(31-36)39-19-9-11-21-44(39)50(48)35-15-5-2-6-16-35/h1-31,41,47H. The number of aromatic nitrogens is 2. The molecule has 2 atom stereocenters. The second-order valence-electron chi connectivity index (χ2n) is 13.7. The zero-order valence-electron chi connectivity index (χ0n) is 27.9. The van der Waals surface area contributed by atoms with Crippen molar-refractivity contribution >= 4 is 60.6 Å². The van der Waals surface area contributed by atoms with Crippen LogP contribution in [0.5, 0.6) is 0 Å². The molecule has 2 aromatic heterocycles. The Labute approximate surface area is 296 Å². The summed E-state index contributed by atoms with van der Waals surface area (Å²) in [6.07, 6.45) is 7.27. The number of fused-ring (bicyclic) bond motifs is 9. The average molecular weight is 652 g/mol. The SMILES string of the molecule is C1=CC2C(C=C1c1ccc3c(c1)c1ccccc1n3-c1ccccc1)c1ccccc1N2c1ccc2c(c1)c1ccccc1n2-c1ccccc1. The Kier molecular flexibility index (Phi) is 6.08. The first-order valence-electron chi connectivity index (χ1n) is 17.8. The van der Waals surface area contributed by atoms with Gasteiger partial charge in [0.1, 0.15) is 0 Å². The van der Waals surface area contributed by atoms with Gasteiger partial charge in [-0.25, -0.2) is 0 Å². The van der Waals surface area contributed by atoms with Crippen LogP contribution in [-0.4, -0.2) is 15.2 Å². The maximum absolute atomic E-state index is 2.55. The molecule has 0 amide bonds. The van der Waals surface area contributed by atoms with Crippen LogP contribution in [0.1, 0.15) is 17.0 Å². The molecule has 0 spiro atoms. The molecule has 3 heteroatoms. The third-order valence-corrected chi connectivity index (χ3v) is 11.0. The highest BCUT2D eigenvalue weighted by Crippen LogP contribution is 2.50. The zero-order valence-corrected chi connectivity index (χ0v) is 27.9. The van der Waals surface area contributed by atoms with Crippen LogP contribution in [0, 0.1) is 0 Å². The average Bonchev–Trinajstić information content (AvgIpc) is 3.83. The van der Waals surface area contributed by atoms with E-state index in [1.165, 1.54) is 83.1 Å². The van der Waals surface area contributed by atoms with Gasteiger partial charge < -0.3 is 14.0 Å². The number of allylic oxidation sites excluding steroid dienone is 2. The lowest BCUT2D eigenvalue weighted by molar-refractivity contribution is 0.747. The van der Waals surface area contributed by atoms with Gasteiger partial charge in [0.25, 0.3) is 0 Å². The number of benzene rings is 7. The fourth-order valence-corrected chi connectivity index (χ4v) is 8.82. The molecule has 0 fully saturated rings. The van der Waals surface area contributed by atoms with Crippen molar-refractivity contribution in [1.29, 1.82) is 0 Å². The first-order valence-corrected chi connectivity index (χ1v) is 17.8.